The van der Waals surface area contributed by atoms with E-state index >= 15 is 0 Å². The summed E-state index contributed by atoms with van der Waals surface area (Å²) < 4.78 is 16.9. The van der Waals surface area contributed by atoms with Crippen LogP contribution in [0.5, 0.6) is 17.2 Å². The lowest BCUT2D eigenvalue weighted by Gasteiger charge is -2.44. The molecule has 0 radical (unpaired) electrons. The Morgan fingerprint density at radius 2 is 1.64 bits per heavy atom. The van der Waals surface area contributed by atoms with Crippen molar-refractivity contribution in [3.05, 3.63) is 87.5 Å². The van der Waals surface area contributed by atoms with Gasteiger partial charge in [-0.25, -0.2) is 0 Å². The highest BCUT2D eigenvalue weighted by Gasteiger charge is 2.51. The van der Waals surface area contributed by atoms with E-state index in [1.165, 1.54) is 32.2 Å². The third-order valence-electron chi connectivity index (χ3n) is 8.68. The van der Waals surface area contributed by atoms with Crippen molar-refractivity contribution in [2.45, 2.75) is 60.0 Å². The molecule has 5 N–H and O–H groups in total. The Labute approximate surface area is 265 Å². The summed E-state index contributed by atoms with van der Waals surface area (Å²) >= 11 is 1.86. The van der Waals surface area contributed by atoms with E-state index in [-0.39, 0.29) is 28.0 Å². The lowest BCUT2D eigenvalue weighted by atomic mass is 9.72. The normalized spacial score (nSPS) is 29.4. The number of rotatable bonds is 5. The van der Waals surface area contributed by atoms with Crippen LogP contribution in [0.2, 0.25) is 0 Å². The molecular weight excluding hydrogens is 687 g/mol. The van der Waals surface area contributed by atoms with E-state index in [0.29, 0.717) is 5.56 Å². The third kappa shape index (κ3) is 4.63. The minimum absolute atomic E-state index is 0.0372. The van der Waals surface area contributed by atoms with Gasteiger partial charge in [-0.2, -0.15) is 0 Å². The number of methoxy groups -OCH3 is 1. The van der Waals surface area contributed by atoms with Crippen molar-refractivity contribution in [3.8, 4) is 17.2 Å². The van der Waals surface area contributed by atoms with Crippen LogP contribution in [0.25, 0.3) is 0 Å². The molecule has 3 aliphatic rings. The summed E-state index contributed by atoms with van der Waals surface area (Å²) in [6, 6.07) is 13.1. The minimum atomic E-state index is -2.08. The zero-order valence-corrected chi connectivity index (χ0v) is 25.7. The van der Waals surface area contributed by atoms with Crippen molar-refractivity contribution in [2.75, 3.05) is 7.11 Å². The molecule has 1 heterocycles. The van der Waals surface area contributed by atoms with E-state index in [1.807, 2.05) is 22.6 Å². The summed E-state index contributed by atoms with van der Waals surface area (Å²) in [5.74, 6) is -3.38. The number of carbonyl (C=O) groups is 3. The zero-order valence-electron chi connectivity index (χ0n) is 23.6. The van der Waals surface area contributed by atoms with Gasteiger partial charge >= 0.3 is 0 Å². The number of phenolic OH excluding ortho intramolecular Hbond substituents is 2. The number of hydrogen-bond acceptors (Lipinski definition) is 11. The number of carbonyl (C=O) groups excluding carboxylic acids is 3. The standard InChI is InChI=1S/C32H29IO11/c1-13(34)32(41)11-16-20(18(12-32)43-31-23(33)28(39)29(40)30(44-31)14-7-4-3-5-8-14)27(38)22-21(25(16)36)24(35)15-9-6-10-17(42-2)19(15)26(22)37/h3-10,18,23,28-31,36,38-41H,11-12H2,1-2H3/t18-,23+,28-,29-,30-,31+,32-/m0/s1. The van der Waals surface area contributed by atoms with Gasteiger partial charge in [0.2, 0.25) is 5.78 Å². The fraction of sp³-hybridized carbons (Fsp3) is 0.344. The molecule has 0 bridgehead atoms. The van der Waals surface area contributed by atoms with Crippen LogP contribution in [0.4, 0.5) is 0 Å². The van der Waals surface area contributed by atoms with Crippen LogP contribution in [-0.2, 0) is 20.7 Å². The number of aliphatic hydroxyl groups excluding tert-OH is 2. The fourth-order valence-electron chi connectivity index (χ4n) is 6.32. The Morgan fingerprint density at radius 3 is 2.30 bits per heavy atom. The predicted octanol–water partition coefficient (Wildman–Crippen LogP) is 2.83. The second-order valence-electron chi connectivity index (χ2n) is 11.2. The smallest absolute Gasteiger partial charge is 0.202 e. The van der Waals surface area contributed by atoms with Crippen molar-refractivity contribution in [2.24, 2.45) is 0 Å². The highest BCUT2D eigenvalue weighted by molar-refractivity contribution is 14.1. The Bertz CT molecular complexity index is 1690. The summed E-state index contributed by atoms with van der Waals surface area (Å²) in [7, 11) is 1.33. The first-order valence-electron chi connectivity index (χ1n) is 13.9. The van der Waals surface area contributed by atoms with Gasteiger partial charge in [-0.1, -0.05) is 65.1 Å². The van der Waals surface area contributed by atoms with Crippen LogP contribution in [0.1, 0.15) is 74.1 Å². The molecule has 0 saturated carbocycles. The molecule has 44 heavy (non-hydrogen) atoms. The number of aromatic hydroxyl groups is 2. The first-order valence-corrected chi connectivity index (χ1v) is 15.1. The van der Waals surface area contributed by atoms with Gasteiger partial charge in [0.05, 0.1) is 39.9 Å². The van der Waals surface area contributed by atoms with Crippen molar-refractivity contribution in [3.63, 3.8) is 0 Å². The number of alkyl halides is 1. The number of benzene rings is 3. The molecule has 230 valence electrons. The minimum Gasteiger partial charge on any atom is -0.507 e. The van der Waals surface area contributed by atoms with E-state index < -0.39 is 93.0 Å². The van der Waals surface area contributed by atoms with Gasteiger partial charge in [-0.05, 0) is 18.6 Å². The number of Topliss-reactive ketones (excluding diaryl/α,β-unsaturated/α-hetero) is 1. The van der Waals surface area contributed by atoms with Crippen LogP contribution in [0.3, 0.4) is 0 Å². The van der Waals surface area contributed by atoms with E-state index in [9.17, 15) is 39.9 Å². The topological polar surface area (TPSA) is 180 Å². The quantitative estimate of drug-likeness (QED) is 0.117. The second-order valence-corrected chi connectivity index (χ2v) is 12.7. The molecule has 12 heteroatoms. The van der Waals surface area contributed by atoms with Crippen LogP contribution in [0, 0.1) is 0 Å². The number of ether oxygens (including phenoxy) is 3. The van der Waals surface area contributed by atoms with E-state index in [1.54, 1.807) is 30.3 Å². The largest absolute Gasteiger partial charge is 0.507 e. The number of phenols is 2. The lowest BCUT2D eigenvalue weighted by Crippen LogP contribution is -2.53. The summed E-state index contributed by atoms with van der Waals surface area (Å²) in [5.41, 5.74) is -2.79. The maximum Gasteiger partial charge on any atom is 0.202 e. The van der Waals surface area contributed by atoms with Crippen molar-refractivity contribution < 1.29 is 54.1 Å². The first kappa shape index (κ1) is 30.6. The zero-order chi connectivity index (χ0) is 31.7. The highest BCUT2D eigenvalue weighted by Crippen LogP contribution is 2.53. The predicted molar refractivity (Wildman–Crippen MR) is 161 cm³/mol. The molecule has 3 aromatic rings. The van der Waals surface area contributed by atoms with E-state index in [0.717, 1.165) is 0 Å². The van der Waals surface area contributed by atoms with Crippen molar-refractivity contribution >= 4 is 39.9 Å². The molecule has 0 amide bonds. The van der Waals surface area contributed by atoms with Gasteiger partial charge < -0.3 is 39.7 Å². The molecule has 1 saturated heterocycles. The van der Waals surface area contributed by atoms with Gasteiger partial charge in [0.1, 0.15) is 35.1 Å². The molecule has 0 spiro atoms. The van der Waals surface area contributed by atoms with Gasteiger partial charge in [-0.3, -0.25) is 14.4 Å². The van der Waals surface area contributed by atoms with Crippen LogP contribution >= 0.6 is 22.6 Å². The van der Waals surface area contributed by atoms with Crippen LogP contribution in [-0.4, -0.2) is 78.0 Å². The molecule has 0 unspecified atom stereocenters. The van der Waals surface area contributed by atoms with Crippen molar-refractivity contribution in [1.82, 2.24) is 0 Å². The van der Waals surface area contributed by atoms with Gasteiger partial charge in [0.15, 0.2) is 17.9 Å². The molecule has 2 aliphatic carbocycles. The van der Waals surface area contributed by atoms with Gasteiger partial charge in [0, 0.05) is 29.5 Å². The summed E-state index contributed by atoms with van der Waals surface area (Å²) in [4.78, 5) is 40.2. The molecule has 1 fully saturated rings. The number of fused-ring (bicyclic) bond motifs is 3. The van der Waals surface area contributed by atoms with Gasteiger partial charge in [0.25, 0.3) is 0 Å². The van der Waals surface area contributed by atoms with Crippen molar-refractivity contribution in [1.29, 1.82) is 0 Å². The lowest BCUT2D eigenvalue weighted by molar-refractivity contribution is -0.265. The van der Waals surface area contributed by atoms with Crippen LogP contribution in [0.15, 0.2) is 48.5 Å². The molecule has 11 nitrogen and oxygen atoms in total. The fourth-order valence-corrected chi connectivity index (χ4v) is 7.08. The summed E-state index contributed by atoms with van der Waals surface area (Å²) in [6.45, 7) is 1.17. The average molecular weight is 716 g/mol. The second kappa shape index (κ2) is 11.2. The molecule has 3 aromatic carbocycles. The number of aliphatic hydroxyl groups is 3. The molecule has 6 rings (SSSR count). The monoisotopic (exact) mass is 716 g/mol. The Morgan fingerprint density at radius 1 is 0.955 bits per heavy atom. The Balaban J connectivity index is 1.49. The summed E-state index contributed by atoms with van der Waals surface area (Å²) in [6.07, 6.45) is -7.11. The molecule has 0 aromatic heterocycles. The number of ketones is 3. The number of hydrogen-bond donors (Lipinski definition) is 5. The van der Waals surface area contributed by atoms with Crippen LogP contribution < -0.4 is 4.74 Å². The SMILES string of the molecule is COc1cccc2c1C(=O)c1c(O)c3c(c(O)c1C2=O)C[C@@](O)(C(C)=O)C[C@@H]3O[C@@H]1O[C@@H](c2ccccc2)[C@@H](O)[C@@H](O)[C@H]1I. The summed E-state index contributed by atoms with van der Waals surface area (Å²) in [5, 5.41) is 56.3. The highest BCUT2D eigenvalue weighted by atomic mass is 127. The third-order valence-corrected chi connectivity index (χ3v) is 10.0. The first-order chi connectivity index (χ1) is 20.9. The maximum absolute atomic E-state index is 13.8. The van der Waals surface area contributed by atoms with Gasteiger partial charge in [-0.15, -0.1) is 0 Å². The molecular formula is C32H29IO11. The van der Waals surface area contributed by atoms with E-state index in [2.05, 4.69) is 0 Å². The average Bonchev–Trinajstić information content (AvgIpc) is 3.01. The Kier molecular flexibility index (Phi) is 7.79. The molecule has 1 aliphatic heterocycles. The Hall–Kier alpha value is -3.40. The molecule has 7 atom stereocenters. The number of halogens is 1. The van der Waals surface area contributed by atoms with E-state index in [4.69, 9.17) is 14.2 Å². The maximum atomic E-state index is 13.8.